The second-order valence-electron chi connectivity index (χ2n) is 24.0. The molecule has 0 radical (unpaired) electrons. The first-order valence-electron chi connectivity index (χ1n) is 33.3. The summed E-state index contributed by atoms with van der Waals surface area (Å²) in [6.07, 6.45) is 70.2. The predicted octanol–water partition coefficient (Wildman–Crippen LogP) is 20.7. The molecule has 0 aliphatic heterocycles. The van der Waals surface area contributed by atoms with E-state index in [-0.39, 0.29) is 25.1 Å². The summed E-state index contributed by atoms with van der Waals surface area (Å²) in [6, 6.07) is -0.852. The Morgan fingerprint density at radius 3 is 1.12 bits per heavy atom. The van der Waals surface area contributed by atoms with E-state index in [0.717, 1.165) is 70.6 Å². The Labute approximate surface area is 478 Å². The third-order valence-corrected chi connectivity index (χ3v) is 16.0. The van der Waals surface area contributed by atoms with Crippen LogP contribution in [0.2, 0.25) is 0 Å². The Morgan fingerprint density at radius 1 is 0.442 bits per heavy atom. The van der Waals surface area contributed by atoms with Crippen molar-refractivity contribution in [2.45, 2.75) is 341 Å². The van der Waals surface area contributed by atoms with Gasteiger partial charge >= 0.3 is 13.8 Å². The minimum absolute atomic E-state index is 0.0398. The van der Waals surface area contributed by atoms with Gasteiger partial charge in [0.15, 0.2) is 0 Å². The van der Waals surface area contributed by atoms with Gasteiger partial charge in [-0.2, -0.15) is 0 Å². The van der Waals surface area contributed by atoms with Crippen LogP contribution in [0.4, 0.5) is 0 Å². The van der Waals surface area contributed by atoms with Gasteiger partial charge in [0.1, 0.15) is 19.3 Å². The van der Waals surface area contributed by atoms with E-state index in [9.17, 15) is 19.0 Å². The van der Waals surface area contributed by atoms with Crippen LogP contribution in [-0.2, 0) is 27.9 Å². The fraction of sp³-hybridized carbons (Fsp3) is 0.881. The second-order valence-corrected chi connectivity index (χ2v) is 25.4. The highest BCUT2D eigenvalue weighted by Gasteiger charge is 2.30. The molecule has 1 amide bonds. The molecule has 454 valence electrons. The lowest BCUT2D eigenvalue weighted by molar-refractivity contribution is -0.870. The molecular weight excluding hydrogens is 976 g/mol. The molecule has 77 heavy (non-hydrogen) atoms. The third kappa shape index (κ3) is 58.7. The van der Waals surface area contributed by atoms with Crippen LogP contribution < -0.4 is 5.32 Å². The number of esters is 1. The second kappa shape index (κ2) is 57.5. The van der Waals surface area contributed by atoms with Gasteiger partial charge in [-0.1, -0.05) is 269 Å². The van der Waals surface area contributed by atoms with Crippen molar-refractivity contribution in [3.05, 3.63) is 36.5 Å². The highest BCUT2D eigenvalue weighted by Crippen LogP contribution is 2.43. The van der Waals surface area contributed by atoms with Gasteiger partial charge in [0.25, 0.3) is 0 Å². The molecule has 0 heterocycles. The number of carbonyl (C=O) groups excluding carboxylic acids is 2. The van der Waals surface area contributed by atoms with Crippen LogP contribution >= 0.6 is 7.82 Å². The summed E-state index contributed by atoms with van der Waals surface area (Å²) in [5, 5.41) is 3.05. The predicted molar refractivity (Wildman–Crippen MR) is 332 cm³/mol. The number of hydrogen-bond acceptors (Lipinski definition) is 6. The standard InChI is InChI=1S/C67H129N2O7P/c1-7-10-13-16-19-22-25-27-28-29-30-31-32-33-34-35-36-37-38-39-40-42-45-48-51-54-57-60-67(71)76-65(58-55-52-49-46-43-24-21-18-15-12-9-3)64(63-75-77(72,73)74-62-61-69(4,5)6)68-66(70)59-56-53-50-47-44-41-26-23-20-17-14-11-8-2/h27-28,41,44,55,58,64-65H,7-26,29-40,42-43,45-54,56-57,59-63H2,1-6H3,(H-,68,70,72,73)/p+1/b28-27+,44-41-,58-55-. The number of hydrogen-bond donors (Lipinski definition) is 2. The SMILES string of the molecule is CCCCCCCC/C=C\CCCCCC(=O)NC(COP(=O)(O)OCC[N+](C)(C)C)C(/C=C\CCCCCCCCCCC)OC(=O)CCCCCCCCCCCCCCCCCCC/C=C/CCCCCCCC. The molecule has 2 N–H and O–H groups in total. The Morgan fingerprint density at radius 2 is 0.753 bits per heavy atom. The summed E-state index contributed by atoms with van der Waals surface area (Å²) in [4.78, 5) is 37.7. The van der Waals surface area contributed by atoms with Crippen molar-refractivity contribution in [2.24, 2.45) is 0 Å². The highest BCUT2D eigenvalue weighted by molar-refractivity contribution is 7.47. The van der Waals surface area contributed by atoms with Gasteiger partial charge in [-0.05, 0) is 83.1 Å². The molecule has 3 unspecified atom stereocenters. The van der Waals surface area contributed by atoms with Crippen molar-refractivity contribution in [3.63, 3.8) is 0 Å². The Hall–Kier alpha value is -1.77. The van der Waals surface area contributed by atoms with Gasteiger partial charge in [0.2, 0.25) is 5.91 Å². The molecule has 0 bridgehead atoms. The topological polar surface area (TPSA) is 111 Å². The Bertz CT molecular complexity index is 1410. The number of quaternary nitrogens is 1. The maximum absolute atomic E-state index is 13.5. The monoisotopic (exact) mass is 1110 g/mol. The van der Waals surface area contributed by atoms with Crippen molar-refractivity contribution < 1.29 is 37.3 Å². The smallest absolute Gasteiger partial charge is 0.456 e. The van der Waals surface area contributed by atoms with Gasteiger partial charge in [-0.15, -0.1) is 0 Å². The number of allylic oxidation sites excluding steroid dienone is 5. The van der Waals surface area contributed by atoms with Crippen molar-refractivity contribution in [1.82, 2.24) is 5.32 Å². The number of unbranched alkanes of at least 4 members (excludes halogenated alkanes) is 41. The maximum atomic E-state index is 13.5. The summed E-state index contributed by atoms with van der Waals surface area (Å²) in [5.41, 5.74) is 0. The summed E-state index contributed by atoms with van der Waals surface area (Å²) in [5.74, 6) is -0.511. The lowest BCUT2D eigenvalue weighted by atomic mass is 10.0. The molecule has 9 nitrogen and oxygen atoms in total. The van der Waals surface area contributed by atoms with Gasteiger partial charge < -0.3 is 19.4 Å². The van der Waals surface area contributed by atoms with Crippen molar-refractivity contribution in [2.75, 3.05) is 40.9 Å². The fourth-order valence-corrected chi connectivity index (χ4v) is 10.6. The molecule has 3 atom stereocenters. The minimum Gasteiger partial charge on any atom is -0.456 e. The van der Waals surface area contributed by atoms with E-state index in [2.05, 4.69) is 50.4 Å². The van der Waals surface area contributed by atoms with E-state index in [1.165, 1.54) is 225 Å². The zero-order valence-electron chi connectivity index (χ0n) is 52.0. The van der Waals surface area contributed by atoms with Gasteiger partial charge in [0.05, 0.1) is 33.8 Å². The first-order valence-corrected chi connectivity index (χ1v) is 34.8. The van der Waals surface area contributed by atoms with Crippen molar-refractivity contribution >= 4 is 19.7 Å². The van der Waals surface area contributed by atoms with Crippen LogP contribution in [0.1, 0.15) is 329 Å². The summed E-state index contributed by atoms with van der Waals surface area (Å²) < 4.78 is 30.7. The van der Waals surface area contributed by atoms with Crippen LogP contribution in [-0.4, -0.2) is 74.3 Å². The lowest BCUT2D eigenvalue weighted by Crippen LogP contribution is -2.47. The van der Waals surface area contributed by atoms with Gasteiger partial charge in [0, 0.05) is 12.8 Å². The number of carbonyl (C=O) groups is 2. The van der Waals surface area contributed by atoms with Crippen LogP contribution in [0.3, 0.4) is 0 Å². The van der Waals surface area contributed by atoms with Crippen molar-refractivity contribution in [3.8, 4) is 0 Å². The van der Waals surface area contributed by atoms with Crippen LogP contribution in [0.15, 0.2) is 36.5 Å². The van der Waals surface area contributed by atoms with Gasteiger partial charge in [-0.3, -0.25) is 18.6 Å². The number of amides is 1. The minimum atomic E-state index is -4.45. The first kappa shape index (κ1) is 75.2. The van der Waals surface area contributed by atoms with E-state index >= 15 is 0 Å². The normalized spacial score (nSPS) is 13.8. The molecule has 0 aliphatic carbocycles. The molecule has 0 aromatic heterocycles. The van der Waals surface area contributed by atoms with Crippen LogP contribution in [0.5, 0.6) is 0 Å². The molecule has 0 saturated heterocycles. The molecule has 0 rings (SSSR count). The molecule has 0 aliphatic rings. The molecule has 0 fully saturated rings. The van der Waals surface area contributed by atoms with E-state index in [0.29, 0.717) is 23.9 Å². The highest BCUT2D eigenvalue weighted by atomic mass is 31.2. The maximum Gasteiger partial charge on any atom is 0.472 e. The molecule has 0 saturated carbocycles. The number of nitrogens with one attached hydrogen (secondary N) is 1. The molecule has 10 heteroatoms. The summed E-state index contributed by atoms with van der Waals surface area (Å²) in [6.45, 7) is 7.02. The number of ether oxygens (including phenoxy) is 1. The molecular formula is C67H130N2O7P+. The van der Waals surface area contributed by atoms with Crippen LogP contribution in [0.25, 0.3) is 0 Å². The van der Waals surface area contributed by atoms with Crippen molar-refractivity contribution in [1.29, 1.82) is 0 Å². The lowest BCUT2D eigenvalue weighted by Gasteiger charge is -2.27. The number of nitrogens with zero attached hydrogens (tertiary/aromatic N) is 1. The summed E-state index contributed by atoms with van der Waals surface area (Å²) in [7, 11) is 1.50. The first-order chi connectivity index (χ1) is 37.4. The number of likely N-dealkylation sites (N-methyl/N-ethyl adjacent to an activating group) is 1. The van der Waals surface area contributed by atoms with E-state index in [1.807, 2.05) is 33.3 Å². The van der Waals surface area contributed by atoms with E-state index < -0.39 is 20.0 Å². The van der Waals surface area contributed by atoms with Crippen LogP contribution in [0, 0.1) is 0 Å². The molecule has 0 aromatic rings. The average Bonchev–Trinajstić information content (AvgIpc) is 3.39. The number of rotatable bonds is 61. The van der Waals surface area contributed by atoms with E-state index in [1.54, 1.807) is 0 Å². The van der Waals surface area contributed by atoms with Gasteiger partial charge in [-0.25, -0.2) is 4.57 Å². The number of phosphoric ester groups is 1. The fourth-order valence-electron chi connectivity index (χ4n) is 9.87. The molecule has 0 spiro atoms. The Kier molecular flexibility index (Phi) is 56.1. The average molecular weight is 1110 g/mol. The molecule has 0 aromatic carbocycles. The zero-order chi connectivity index (χ0) is 56.4. The third-order valence-electron chi connectivity index (χ3n) is 15.1. The zero-order valence-corrected chi connectivity index (χ0v) is 52.9. The van der Waals surface area contributed by atoms with E-state index in [4.69, 9.17) is 13.8 Å². The largest absolute Gasteiger partial charge is 0.472 e. The quantitative estimate of drug-likeness (QED) is 0.0205. The number of phosphoric acid groups is 1. The Balaban J connectivity index is 4.95. The summed E-state index contributed by atoms with van der Waals surface area (Å²) >= 11 is 0.